The first-order valence-electron chi connectivity index (χ1n) is 5.11. The lowest BCUT2D eigenvalue weighted by Crippen LogP contribution is -2.25. The van der Waals surface area contributed by atoms with Gasteiger partial charge in [0.1, 0.15) is 0 Å². The van der Waals surface area contributed by atoms with E-state index in [0.717, 1.165) is 6.07 Å². The number of hydrogen-bond acceptors (Lipinski definition) is 1. The lowest BCUT2D eigenvalue weighted by Gasteiger charge is -2.20. The van der Waals surface area contributed by atoms with Gasteiger partial charge in [-0.1, -0.05) is 6.07 Å². The number of amides is 1. The predicted molar refractivity (Wildman–Crippen MR) is 65.8 cm³/mol. The lowest BCUT2D eigenvalue weighted by atomic mass is 10.2. The van der Waals surface area contributed by atoms with E-state index in [0.29, 0.717) is 0 Å². The van der Waals surface area contributed by atoms with Crippen LogP contribution < -0.4 is 4.90 Å². The summed E-state index contributed by atoms with van der Waals surface area (Å²) in [7, 11) is 0. The van der Waals surface area contributed by atoms with Crippen molar-refractivity contribution in [3.63, 3.8) is 0 Å². The Kier molecular flexibility index (Phi) is 3.60. The zero-order chi connectivity index (χ0) is 13.5. The number of halogens is 5. The molecule has 0 bridgehead atoms. The van der Waals surface area contributed by atoms with Crippen molar-refractivity contribution in [2.24, 2.45) is 0 Å². The highest BCUT2D eigenvalue weighted by molar-refractivity contribution is 9.10. The number of benzene rings is 1. The van der Waals surface area contributed by atoms with E-state index in [1.807, 2.05) is 0 Å². The average molecular weight is 343 g/mol. The Balaban J connectivity index is 2.44. The second-order valence-electron chi connectivity index (χ2n) is 3.94. The minimum absolute atomic E-state index is 0.128. The van der Waals surface area contributed by atoms with Crippen LogP contribution in [0.4, 0.5) is 18.9 Å². The molecule has 0 aliphatic carbocycles. The van der Waals surface area contributed by atoms with E-state index in [9.17, 15) is 18.0 Å². The Morgan fingerprint density at radius 3 is 2.56 bits per heavy atom. The number of hydrogen-bond donors (Lipinski definition) is 0. The summed E-state index contributed by atoms with van der Waals surface area (Å²) < 4.78 is 38.1. The van der Waals surface area contributed by atoms with Crippen molar-refractivity contribution in [3.05, 3.63) is 28.2 Å². The summed E-state index contributed by atoms with van der Waals surface area (Å²) >= 11 is 8.75. The Bertz CT molecular complexity index is 492. The summed E-state index contributed by atoms with van der Waals surface area (Å²) in [6.07, 6.45) is -4.32. The second kappa shape index (κ2) is 4.74. The average Bonchev–Trinajstić information content (AvgIpc) is 2.56. The van der Waals surface area contributed by atoms with Crippen molar-refractivity contribution >= 4 is 39.1 Å². The molecule has 1 aromatic rings. The van der Waals surface area contributed by atoms with Gasteiger partial charge in [0, 0.05) is 13.0 Å². The number of rotatable bonds is 1. The Morgan fingerprint density at radius 2 is 2.06 bits per heavy atom. The van der Waals surface area contributed by atoms with E-state index in [2.05, 4.69) is 15.9 Å². The molecule has 2 nitrogen and oxygen atoms in total. The first-order valence-corrected chi connectivity index (χ1v) is 6.34. The van der Waals surface area contributed by atoms with E-state index in [1.165, 1.54) is 17.0 Å². The van der Waals surface area contributed by atoms with Crippen molar-refractivity contribution in [2.45, 2.75) is 18.0 Å². The maximum atomic E-state index is 12.7. The van der Waals surface area contributed by atoms with Gasteiger partial charge >= 0.3 is 6.18 Å². The molecule has 18 heavy (non-hydrogen) atoms. The van der Waals surface area contributed by atoms with Gasteiger partial charge in [0.05, 0.1) is 21.1 Å². The molecule has 7 heteroatoms. The molecule has 1 aliphatic rings. The van der Waals surface area contributed by atoms with Crippen LogP contribution in [-0.4, -0.2) is 17.8 Å². The van der Waals surface area contributed by atoms with Gasteiger partial charge in [-0.05, 0) is 28.1 Å². The fourth-order valence-corrected chi connectivity index (χ4v) is 2.82. The van der Waals surface area contributed by atoms with Crippen molar-refractivity contribution in [1.82, 2.24) is 0 Å². The van der Waals surface area contributed by atoms with Gasteiger partial charge in [-0.15, -0.1) is 11.6 Å². The first kappa shape index (κ1) is 13.7. The highest BCUT2D eigenvalue weighted by atomic mass is 79.9. The van der Waals surface area contributed by atoms with E-state index in [-0.39, 0.29) is 34.4 Å². The highest BCUT2D eigenvalue weighted by Gasteiger charge is 2.36. The van der Waals surface area contributed by atoms with Crippen molar-refractivity contribution in [1.29, 1.82) is 0 Å². The minimum atomic E-state index is -4.46. The van der Waals surface area contributed by atoms with Gasteiger partial charge in [-0.2, -0.15) is 13.2 Å². The van der Waals surface area contributed by atoms with Gasteiger partial charge in [-0.25, -0.2) is 0 Å². The smallest absolute Gasteiger partial charge is 0.310 e. The van der Waals surface area contributed by atoms with Crippen LogP contribution in [0.1, 0.15) is 12.0 Å². The Labute approximate surface area is 115 Å². The largest absolute Gasteiger partial charge is 0.417 e. The zero-order valence-corrected chi connectivity index (χ0v) is 11.3. The first-order chi connectivity index (χ1) is 8.30. The molecule has 0 spiro atoms. The van der Waals surface area contributed by atoms with E-state index in [1.54, 1.807) is 0 Å². The fourth-order valence-electron chi connectivity index (χ4n) is 1.84. The molecule has 1 heterocycles. The van der Waals surface area contributed by atoms with Crippen LogP contribution in [0.2, 0.25) is 0 Å². The van der Waals surface area contributed by atoms with Gasteiger partial charge < -0.3 is 4.90 Å². The normalized spacial score (nSPS) is 20.6. The van der Waals surface area contributed by atoms with Crippen LogP contribution in [0.3, 0.4) is 0 Å². The molecule has 1 atom stereocenters. The molecule has 1 aliphatic heterocycles. The SMILES string of the molecule is O=C1CC(Cl)CN1c1cccc(C(F)(F)F)c1Br. The van der Waals surface area contributed by atoms with Gasteiger partial charge in [-0.3, -0.25) is 4.79 Å². The molecular formula is C11H8BrClF3NO. The monoisotopic (exact) mass is 341 g/mol. The third-order valence-electron chi connectivity index (χ3n) is 2.65. The van der Waals surface area contributed by atoms with Crippen LogP contribution in [0.25, 0.3) is 0 Å². The van der Waals surface area contributed by atoms with E-state index < -0.39 is 11.7 Å². The topological polar surface area (TPSA) is 20.3 Å². The number of anilines is 1. The predicted octanol–water partition coefficient (Wildman–Crippen LogP) is 3.81. The Hall–Kier alpha value is -0.750. The quantitative estimate of drug-likeness (QED) is 0.711. The van der Waals surface area contributed by atoms with Crippen LogP contribution >= 0.6 is 27.5 Å². The maximum absolute atomic E-state index is 12.7. The minimum Gasteiger partial charge on any atom is -0.310 e. The molecule has 2 rings (SSSR count). The molecule has 0 aromatic heterocycles. The third kappa shape index (κ3) is 2.49. The molecule has 1 aromatic carbocycles. The van der Waals surface area contributed by atoms with Gasteiger partial charge in [0.15, 0.2) is 0 Å². The van der Waals surface area contributed by atoms with Crippen LogP contribution in [-0.2, 0) is 11.0 Å². The Morgan fingerprint density at radius 1 is 1.39 bits per heavy atom. The zero-order valence-electron chi connectivity index (χ0n) is 8.97. The second-order valence-corrected chi connectivity index (χ2v) is 5.35. The molecule has 1 fully saturated rings. The van der Waals surface area contributed by atoms with Crippen LogP contribution in [0.5, 0.6) is 0 Å². The number of carbonyl (C=O) groups excluding carboxylic acids is 1. The lowest BCUT2D eigenvalue weighted by molar-refractivity contribution is -0.138. The molecule has 0 saturated carbocycles. The van der Waals surface area contributed by atoms with Gasteiger partial charge in [0.2, 0.25) is 5.91 Å². The molecule has 1 unspecified atom stereocenters. The molecule has 1 amide bonds. The summed E-state index contributed by atoms with van der Waals surface area (Å²) in [5.41, 5.74) is -0.594. The summed E-state index contributed by atoms with van der Waals surface area (Å²) in [6.45, 7) is 0.223. The number of carbonyl (C=O) groups is 1. The van der Waals surface area contributed by atoms with Crippen molar-refractivity contribution in [2.75, 3.05) is 11.4 Å². The highest BCUT2D eigenvalue weighted by Crippen LogP contribution is 2.40. The van der Waals surface area contributed by atoms with E-state index >= 15 is 0 Å². The molecule has 0 radical (unpaired) electrons. The standard InChI is InChI=1S/C11H8BrClF3NO/c12-10-7(11(14,15)16)2-1-3-8(10)17-5-6(13)4-9(17)18/h1-3,6H,4-5H2. The molecule has 98 valence electrons. The number of nitrogens with zero attached hydrogens (tertiary/aromatic N) is 1. The molecule has 0 N–H and O–H groups in total. The summed E-state index contributed by atoms with van der Waals surface area (Å²) in [5.74, 6) is -0.268. The summed E-state index contributed by atoms with van der Waals surface area (Å²) in [6, 6.07) is 3.70. The maximum Gasteiger partial charge on any atom is 0.417 e. The van der Waals surface area contributed by atoms with Crippen LogP contribution in [0.15, 0.2) is 22.7 Å². The summed E-state index contributed by atoms with van der Waals surface area (Å²) in [4.78, 5) is 12.9. The fraction of sp³-hybridized carbons (Fsp3) is 0.364. The van der Waals surface area contributed by atoms with Crippen molar-refractivity contribution < 1.29 is 18.0 Å². The van der Waals surface area contributed by atoms with Gasteiger partial charge in [0.25, 0.3) is 0 Å². The molecule has 1 saturated heterocycles. The molecular weight excluding hydrogens is 334 g/mol. The van der Waals surface area contributed by atoms with Crippen molar-refractivity contribution in [3.8, 4) is 0 Å². The van der Waals surface area contributed by atoms with Crippen LogP contribution in [0, 0.1) is 0 Å². The summed E-state index contributed by atoms with van der Waals surface area (Å²) in [5, 5.41) is -0.362. The third-order valence-corrected chi connectivity index (χ3v) is 3.78. The van der Waals surface area contributed by atoms with E-state index in [4.69, 9.17) is 11.6 Å². The number of alkyl halides is 4.